The summed E-state index contributed by atoms with van der Waals surface area (Å²) >= 11 is 11.5. The molecule has 2 aromatic heterocycles. The summed E-state index contributed by atoms with van der Waals surface area (Å²) in [5.74, 6) is 1.24. The van der Waals surface area contributed by atoms with Crippen LogP contribution in [-0.4, -0.2) is 45.6 Å². The minimum Gasteiger partial charge on any atom is -0.353 e. The van der Waals surface area contributed by atoms with E-state index in [0.717, 1.165) is 28.4 Å². The van der Waals surface area contributed by atoms with Crippen LogP contribution in [0.1, 0.15) is 17.1 Å². The molecule has 0 spiro atoms. The van der Waals surface area contributed by atoms with Crippen LogP contribution >= 0.6 is 23.8 Å². The molecule has 3 rings (SSSR count). The van der Waals surface area contributed by atoms with Crippen molar-refractivity contribution in [1.29, 1.82) is 0 Å². The Morgan fingerprint density at radius 3 is 2.37 bits per heavy atom. The van der Waals surface area contributed by atoms with E-state index in [2.05, 4.69) is 14.9 Å². The summed E-state index contributed by atoms with van der Waals surface area (Å²) in [6.07, 6.45) is -3.62. The van der Waals surface area contributed by atoms with Gasteiger partial charge in [-0.2, -0.15) is 13.2 Å². The first-order chi connectivity index (χ1) is 12.6. The predicted molar refractivity (Wildman–Crippen MR) is 101 cm³/mol. The van der Waals surface area contributed by atoms with Gasteiger partial charge in [0.15, 0.2) is 0 Å². The Hall–Kier alpha value is -1.71. The number of rotatable bonds is 3. The highest BCUT2D eigenvalue weighted by atomic mass is 35.5. The Bertz CT molecular complexity index is 891. The maximum Gasteiger partial charge on any atom is 0.417 e. The quantitative estimate of drug-likeness (QED) is 0.703. The zero-order valence-corrected chi connectivity index (χ0v) is 16.5. The third kappa shape index (κ3) is 4.59. The second kappa shape index (κ2) is 7.73. The maximum atomic E-state index is 12.8. The molecule has 0 aromatic carbocycles. The van der Waals surface area contributed by atoms with E-state index in [4.69, 9.17) is 23.8 Å². The highest BCUT2D eigenvalue weighted by Gasteiger charge is 2.32. The number of pyridine rings is 1. The number of piperazine rings is 1. The summed E-state index contributed by atoms with van der Waals surface area (Å²) < 4.78 is 41.0. The highest BCUT2D eigenvalue weighted by Crippen LogP contribution is 2.33. The van der Waals surface area contributed by atoms with Gasteiger partial charge in [0.1, 0.15) is 16.3 Å². The standard InChI is InChI=1S/C17H19ClF3N5S/c1-11-7-15(27)26(12(2)23-11)10-24-3-5-25(6-4-24)16-14(18)8-13(9-22-16)17(19,20)21/h7-9H,3-6,10H2,1-2H3. The number of hydrogen-bond acceptors (Lipinski definition) is 5. The molecule has 0 amide bonds. The molecule has 0 atom stereocenters. The summed E-state index contributed by atoms with van der Waals surface area (Å²) in [5, 5.41) is 0.0130. The summed E-state index contributed by atoms with van der Waals surface area (Å²) in [4.78, 5) is 12.5. The van der Waals surface area contributed by atoms with E-state index >= 15 is 0 Å². The number of hydrogen-bond donors (Lipinski definition) is 0. The van der Waals surface area contributed by atoms with Gasteiger partial charge in [-0.3, -0.25) is 4.90 Å². The lowest BCUT2D eigenvalue weighted by molar-refractivity contribution is -0.137. The van der Waals surface area contributed by atoms with Gasteiger partial charge < -0.3 is 9.47 Å². The smallest absolute Gasteiger partial charge is 0.353 e. The lowest BCUT2D eigenvalue weighted by Gasteiger charge is -2.36. The van der Waals surface area contributed by atoms with Crippen molar-refractivity contribution in [3.63, 3.8) is 0 Å². The maximum absolute atomic E-state index is 12.8. The van der Waals surface area contributed by atoms with E-state index in [9.17, 15) is 13.2 Å². The van der Waals surface area contributed by atoms with Crippen molar-refractivity contribution in [1.82, 2.24) is 19.4 Å². The van der Waals surface area contributed by atoms with Crippen molar-refractivity contribution in [2.75, 3.05) is 31.1 Å². The van der Waals surface area contributed by atoms with E-state index in [1.54, 1.807) is 0 Å². The zero-order valence-electron chi connectivity index (χ0n) is 14.9. The largest absolute Gasteiger partial charge is 0.417 e. The van der Waals surface area contributed by atoms with Crippen LogP contribution in [0.2, 0.25) is 5.02 Å². The molecule has 0 unspecified atom stereocenters. The molecule has 0 aliphatic carbocycles. The molecule has 0 radical (unpaired) electrons. The third-order valence-corrected chi connectivity index (χ3v) is 5.11. The lowest BCUT2D eigenvalue weighted by atomic mass is 10.2. The number of aryl methyl sites for hydroxylation is 2. The molecule has 0 saturated carbocycles. The first-order valence-electron chi connectivity index (χ1n) is 8.40. The lowest BCUT2D eigenvalue weighted by Crippen LogP contribution is -2.47. The summed E-state index contributed by atoms with van der Waals surface area (Å²) in [6, 6.07) is 2.79. The average Bonchev–Trinajstić information content (AvgIpc) is 2.58. The molecule has 146 valence electrons. The monoisotopic (exact) mass is 417 g/mol. The van der Waals surface area contributed by atoms with Gasteiger partial charge in [-0.15, -0.1) is 0 Å². The van der Waals surface area contributed by atoms with Gasteiger partial charge in [0.2, 0.25) is 0 Å². The fraction of sp³-hybridized carbons (Fsp3) is 0.471. The van der Waals surface area contributed by atoms with E-state index in [0.29, 0.717) is 38.7 Å². The van der Waals surface area contributed by atoms with Crippen molar-refractivity contribution in [2.24, 2.45) is 0 Å². The summed E-state index contributed by atoms with van der Waals surface area (Å²) in [7, 11) is 0. The van der Waals surface area contributed by atoms with Crippen LogP contribution < -0.4 is 4.90 Å². The molecule has 1 aliphatic heterocycles. The molecule has 0 bridgehead atoms. The minimum atomic E-state index is -4.45. The Balaban J connectivity index is 1.67. The number of aromatic nitrogens is 3. The van der Waals surface area contributed by atoms with E-state index in [1.165, 1.54) is 0 Å². The molecular weight excluding hydrogens is 399 g/mol. The molecule has 1 saturated heterocycles. The molecule has 1 aliphatic rings. The van der Waals surface area contributed by atoms with Crippen molar-refractivity contribution in [3.05, 3.63) is 45.1 Å². The molecule has 1 fully saturated rings. The normalized spacial score (nSPS) is 16.0. The van der Waals surface area contributed by atoms with E-state index in [-0.39, 0.29) is 5.02 Å². The second-order valence-corrected chi connectivity index (χ2v) is 7.31. The van der Waals surface area contributed by atoms with Crippen LogP contribution in [0.3, 0.4) is 0 Å². The van der Waals surface area contributed by atoms with E-state index in [1.807, 2.05) is 29.4 Å². The van der Waals surface area contributed by atoms with Crippen LogP contribution in [0.25, 0.3) is 0 Å². The number of alkyl halides is 3. The Kier molecular flexibility index (Phi) is 5.73. The Morgan fingerprint density at radius 1 is 1.15 bits per heavy atom. The predicted octanol–water partition coefficient (Wildman–Crippen LogP) is 4.08. The van der Waals surface area contributed by atoms with Crippen LogP contribution in [-0.2, 0) is 12.8 Å². The van der Waals surface area contributed by atoms with Crippen molar-refractivity contribution in [2.45, 2.75) is 26.7 Å². The average molecular weight is 418 g/mol. The molecular formula is C17H19ClF3N5S. The number of halogens is 4. The van der Waals surface area contributed by atoms with Gasteiger partial charge in [0, 0.05) is 38.1 Å². The first-order valence-corrected chi connectivity index (χ1v) is 9.19. The number of nitrogens with zero attached hydrogens (tertiary/aromatic N) is 5. The Labute approximate surface area is 165 Å². The van der Waals surface area contributed by atoms with Crippen molar-refractivity contribution >= 4 is 29.6 Å². The van der Waals surface area contributed by atoms with Crippen LogP contribution in [0.4, 0.5) is 19.0 Å². The summed E-state index contributed by atoms with van der Waals surface area (Å²) in [6.45, 7) is 7.12. The van der Waals surface area contributed by atoms with E-state index < -0.39 is 11.7 Å². The van der Waals surface area contributed by atoms with Crippen molar-refractivity contribution < 1.29 is 13.2 Å². The van der Waals surface area contributed by atoms with Gasteiger partial charge in [0.25, 0.3) is 0 Å². The highest BCUT2D eigenvalue weighted by molar-refractivity contribution is 7.71. The number of anilines is 1. The second-order valence-electron chi connectivity index (χ2n) is 6.48. The third-order valence-electron chi connectivity index (χ3n) is 4.49. The molecule has 5 nitrogen and oxygen atoms in total. The van der Waals surface area contributed by atoms with Gasteiger partial charge in [0.05, 0.1) is 17.3 Å². The van der Waals surface area contributed by atoms with Crippen molar-refractivity contribution in [3.8, 4) is 0 Å². The van der Waals surface area contributed by atoms with Gasteiger partial charge in [-0.25, -0.2) is 9.97 Å². The fourth-order valence-electron chi connectivity index (χ4n) is 3.06. The van der Waals surface area contributed by atoms with Gasteiger partial charge in [-0.1, -0.05) is 23.8 Å². The molecule has 2 aromatic rings. The topological polar surface area (TPSA) is 37.2 Å². The molecule has 0 N–H and O–H groups in total. The van der Waals surface area contributed by atoms with Gasteiger partial charge >= 0.3 is 6.18 Å². The first kappa shape index (κ1) is 20.0. The fourth-order valence-corrected chi connectivity index (χ4v) is 3.70. The van der Waals surface area contributed by atoms with Crippen LogP contribution in [0, 0.1) is 18.5 Å². The SMILES string of the molecule is Cc1cc(=S)n(CN2CCN(c3ncc(C(F)(F)F)cc3Cl)CC2)c(C)n1. The Morgan fingerprint density at radius 2 is 1.81 bits per heavy atom. The summed E-state index contributed by atoms with van der Waals surface area (Å²) in [5.41, 5.74) is 0.0493. The minimum absolute atomic E-state index is 0.0130. The zero-order chi connectivity index (χ0) is 19.8. The van der Waals surface area contributed by atoms with Crippen LogP contribution in [0.5, 0.6) is 0 Å². The van der Waals surface area contributed by atoms with Gasteiger partial charge in [-0.05, 0) is 26.0 Å². The molecule has 27 heavy (non-hydrogen) atoms. The molecule has 10 heteroatoms. The molecule has 3 heterocycles. The van der Waals surface area contributed by atoms with Crippen LogP contribution in [0.15, 0.2) is 18.3 Å².